The first-order chi connectivity index (χ1) is 12.1. The highest BCUT2D eigenvalue weighted by atomic mass is 35.5. The zero-order valence-corrected chi connectivity index (χ0v) is 15.3. The Balaban J connectivity index is 1.49. The van der Waals surface area contributed by atoms with Gasteiger partial charge in [-0.15, -0.1) is 0 Å². The Morgan fingerprint density at radius 3 is 2.32 bits per heavy atom. The van der Waals surface area contributed by atoms with Crippen molar-refractivity contribution in [3.63, 3.8) is 0 Å². The standard InChI is InChI=1S/C20H24ClN3O/c1-22(15-17-7-3-2-4-8-17)16-20(25)24-13-11-23(12-14-24)19-10-6-5-9-18(19)21/h2-10H,11-16H2,1H3. The zero-order valence-electron chi connectivity index (χ0n) is 14.6. The van der Waals surface area contributed by atoms with Gasteiger partial charge in [-0.2, -0.15) is 0 Å². The van der Waals surface area contributed by atoms with E-state index < -0.39 is 0 Å². The molecule has 0 radical (unpaired) electrons. The molecule has 1 aliphatic heterocycles. The number of nitrogens with zero attached hydrogens (tertiary/aromatic N) is 3. The van der Waals surface area contributed by atoms with Crippen LogP contribution in [-0.2, 0) is 11.3 Å². The molecule has 0 N–H and O–H groups in total. The van der Waals surface area contributed by atoms with Gasteiger partial charge in [0.05, 0.1) is 17.3 Å². The number of hydrogen-bond acceptors (Lipinski definition) is 3. The van der Waals surface area contributed by atoms with Gasteiger partial charge in [-0.1, -0.05) is 54.1 Å². The fraction of sp³-hybridized carbons (Fsp3) is 0.350. The highest BCUT2D eigenvalue weighted by Gasteiger charge is 2.22. The number of carbonyl (C=O) groups excluding carboxylic acids is 1. The Kier molecular flexibility index (Phi) is 5.95. The predicted molar refractivity (Wildman–Crippen MR) is 103 cm³/mol. The first-order valence-corrected chi connectivity index (χ1v) is 9.01. The molecule has 5 heteroatoms. The lowest BCUT2D eigenvalue weighted by atomic mass is 10.2. The molecule has 0 atom stereocenters. The molecule has 132 valence electrons. The molecule has 0 unspecified atom stereocenters. The van der Waals surface area contributed by atoms with Crippen LogP contribution in [0.2, 0.25) is 5.02 Å². The number of piperazine rings is 1. The summed E-state index contributed by atoms with van der Waals surface area (Å²) >= 11 is 6.27. The Bertz CT molecular complexity index is 699. The maximum Gasteiger partial charge on any atom is 0.236 e. The van der Waals surface area contributed by atoms with E-state index in [9.17, 15) is 4.79 Å². The first kappa shape index (κ1) is 17.8. The van der Waals surface area contributed by atoms with Crippen molar-refractivity contribution in [3.8, 4) is 0 Å². The maximum atomic E-state index is 12.5. The highest BCUT2D eigenvalue weighted by molar-refractivity contribution is 6.33. The van der Waals surface area contributed by atoms with Crippen molar-refractivity contribution < 1.29 is 4.79 Å². The third kappa shape index (κ3) is 4.74. The van der Waals surface area contributed by atoms with Gasteiger partial charge in [-0.25, -0.2) is 0 Å². The van der Waals surface area contributed by atoms with Gasteiger partial charge in [0.25, 0.3) is 0 Å². The second kappa shape index (κ2) is 8.37. The van der Waals surface area contributed by atoms with E-state index in [4.69, 9.17) is 11.6 Å². The second-order valence-corrected chi connectivity index (χ2v) is 6.88. The number of likely N-dealkylation sites (N-methyl/N-ethyl adjacent to an activating group) is 1. The fourth-order valence-corrected chi connectivity index (χ4v) is 3.44. The van der Waals surface area contributed by atoms with E-state index in [0.29, 0.717) is 6.54 Å². The Morgan fingerprint density at radius 1 is 1.00 bits per heavy atom. The van der Waals surface area contributed by atoms with Crippen LogP contribution in [0.25, 0.3) is 0 Å². The normalized spacial score (nSPS) is 14.8. The molecule has 1 saturated heterocycles. The van der Waals surface area contributed by atoms with Crippen LogP contribution in [-0.4, -0.2) is 55.5 Å². The van der Waals surface area contributed by atoms with Crippen LogP contribution >= 0.6 is 11.6 Å². The molecular weight excluding hydrogens is 334 g/mol. The predicted octanol–water partition coefficient (Wildman–Crippen LogP) is 3.12. The van der Waals surface area contributed by atoms with Crippen molar-refractivity contribution in [2.24, 2.45) is 0 Å². The van der Waals surface area contributed by atoms with Gasteiger partial charge in [0.2, 0.25) is 5.91 Å². The molecule has 0 spiro atoms. The van der Waals surface area contributed by atoms with Crippen LogP contribution in [0.4, 0.5) is 5.69 Å². The monoisotopic (exact) mass is 357 g/mol. The molecule has 2 aromatic carbocycles. The molecular formula is C20H24ClN3O. The number of carbonyl (C=O) groups is 1. The summed E-state index contributed by atoms with van der Waals surface area (Å²) in [5.41, 5.74) is 2.28. The number of para-hydroxylation sites is 1. The minimum Gasteiger partial charge on any atom is -0.367 e. The molecule has 2 aromatic rings. The molecule has 0 bridgehead atoms. The molecule has 1 aliphatic rings. The molecule has 0 aliphatic carbocycles. The van der Waals surface area contributed by atoms with Crippen LogP contribution < -0.4 is 4.90 Å². The Hall–Kier alpha value is -2.04. The van der Waals surface area contributed by atoms with E-state index >= 15 is 0 Å². The summed E-state index contributed by atoms with van der Waals surface area (Å²) < 4.78 is 0. The number of amides is 1. The summed E-state index contributed by atoms with van der Waals surface area (Å²) in [6.07, 6.45) is 0. The van der Waals surface area contributed by atoms with Gasteiger partial charge >= 0.3 is 0 Å². The van der Waals surface area contributed by atoms with Gasteiger partial charge in [0.15, 0.2) is 0 Å². The lowest BCUT2D eigenvalue weighted by Crippen LogP contribution is -2.51. The van der Waals surface area contributed by atoms with Gasteiger partial charge in [-0.05, 0) is 24.7 Å². The number of hydrogen-bond donors (Lipinski definition) is 0. The summed E-state index contributed by atoms with van der Waals surface area (Å²) in [6.45, 7) is 4.34. The maximum absolute atomic E-state index is 12.5. The summed E-state index contributed by atoms with van der Waals surface area (Å²) in [4.78, 5) is 18.8. The third-order valence-electron chi connectivity index (χ3n) is 4.53. The number of rotatable bonds is 5. The molecule has 4 nitrogen and oxygen atoms in total. The molecule has 25 heavy (non-hydrogen) atoms. The van der Waals surface area contributed by atoms with Gasteiger partial charge in [0, 0.05) is 32.7 Å². The van der Waals surface area contributed by atoms with Crippen molar-refractivity contribution in [1.82, 2.24) is 9.80 Å². The quantitative estimate of drug-likeness (QED) is 0.822. The Morgan fingerprint density at radius 2 is 1.64 bits per heavy atom. The minimum atomic E-state index is 0.192. The van der Waals surface area contributed by atoms with E-state index in [0.717, 1.165) is 43.4 Å². The van der Waals surface area contributed by atoms with E-state index in [1.165, 1.54) is 5.56 Å². The SMILES string of the molecule is CN(CC(=O)N1CCN(c2ccccc2Cl)CC1)Cc1ccccc1. The Labute approximate surface area is 154 Å². The molecule has 1 amide bonds. The summed E-state index contributed by atoms with van der Waals surface area (Å²) in [7, 11) is 1.99. The van der Waals surface area contributed by atoms with E-state index in [1.54, 1.807) is 0 Å². The number of anilines is 1. The van der Waals surface area contributed by atoms with Gasteiger partial charge in [-0.3, -0.25) is 9.69 Å². The number of halogens is 1. The molecule has 1 heterocycles. The van der Waals surface area contributed by atoms with Crippen molar-refractivity contribution in [2.75, 3.05) is 44.7 Å². The lowest BCUT2D eigenvalue weighted by molar-refractivity contribution is -0.132. The summed E-state index contributed by atoms with van der Waals surface area (Å²) in [5, 5.41) is 0.768. The average molecular weight is 358 g/mol. The van der Waals surface area contributed by atoms with Crippen LogP contribution in [0.3, 0.4) is 0 Å². The largest absolute Gasteiger partial charge is 0.367 e. The van der Waals surface area contributed by atoms with E-state index in [-0.39, 0.29) is 5.91 Å². The first-order valence-electron chi connectivity index (χ1n) is 8.63. The smallest absolute Gasteiger partial charge is 0.236 e. The second-order valence-electron chi connectivity index (χ2n) is 6.48. The topological polar surface area (TPSA) is 26.8 Å². The van der Waals surface area contributed by atoms with Gasteiger partial charge in [0.1, 0.15) is 0 Å². The van der Waals surface area contributed by atoms with Crippen LogP contribution in [0.15, 0.2) is 54.6 Å². The van der Waals surface area contributed by atoms with Crippen molar-refractivity contribution in [1.29, 1.82) is 0 Å². The number of benzene rings is 2. The molecule has 3 rings (SSSR count). The zero-order chi connectivity index (χ0) is 17.6. The van der Waals surface area contributed by atoms with Crippen LogP contribution in [0.5, 0.6) is 0 Å². The molecule has 1 fully saturated rings. The van der Waals surface area contributed by atoms with E-state index in [1.807, 2.05) is 54.4 Å². The highest BCUT2D eigenvalue weighted by Crippen LogP contribution is 2.26. The van der Waals surface area contributed by atoms with Crippen molar-refractivity contribution in [2.45, 2.75) is 6.54 Å². The van der Waals surface area contributed by atoms with Crippen molar-refractivity contribution >= 4 is 23.2 Å². The summed E-state index contributed by atoms with van der Waals surface area (Å²) in [6, 6.07) is 18.1. The van der Waals surface area contributed by atoms with E-state index in [2.05, 4.69) is 21.9 Å². The van der Waals surface area contributed by atoms with Crippen LogP contribution in [0, 0.1) is 0 Å². The lowest BCUT2D eigenvalue weighted by Gasteiger charge is -2.37. The third-order valence-corrected chi connectivity index (χ3v) is 4.85. The molecule has 0 aromatic heterocycles. The van der Waals surface area contributed by atoms with Crippen molar-refractivity contribution in [3.05, 3.63) is 65.2 Å². The molecule has 0 saturated carbocycles. The average Bonchev–Trinajstić information content (AvgIpc) is 2.63. The summed E-state index contributed by atoms with van der Waals surface area (Å²) in [5.74, 6) is 0.192. The van der Waals surface area contributed by atoms with Crippen LogP contribution in [0.1, 0.15) is 5.56 Å². The van der Waals surface area contributed by atoms with Gasteiger partial charge < -0.3 is 9.80 Å². The fourth-order valence-electron chi connectivity index (χ4n) is 3.19. The minimum absolute atomic E-state index is 0.192.